The quantitative estimate of drug-likeness (QED) is 0.356. The maximum Gasteiger partial charge on any atom is 0.330 e. The van der Waals surface area contributed by atoms with E-state index in [1.165, 1.54) is 6.08 Å². The van der Waals surface area contributed by atoms with Gasteiger partial charge in [0.15, 0.2) is 0 Å². The highest BCUT2D eigenvalue weighted by atomic mass is 16.5. The Morgan fingerprint density at radius 2 is 2.33 bits per heavy atom. The molecule has 0 aromatic heterocycles. The molecular weight excluding hydrogens is 156 g/mol. The number of carbonyl (C=O) groups excluding carboxylic acids is 2. The Morgan fingerprint density at radius 3 is 2.83 bits per heavy atom. The van der Waals surface area contributed by atoms with Crippen LogP contribution in [-0.2, 0) is 14.3 Å². The van der Waals surface area contributed by atoms with Gasteiger partial charge in [0.2, 0.25) is 0 Å². The number of hydrogen-bond donors (Lipinski definition) is 0. The van der Waals surface area contributed by atoms with Gasteiger partial charge in [-0.25, -0.2) is 4.79 Å². The van der Waals surface area contributed by atoms with Gasteiger partial charge in [-0.15, -0.1) is 0 Å². The minimum atomic E-state index is -0.325. The van der Waals surface area contributed by atoms with E-state index in [-0.39, 0.29) is 17.8 Å². The average molecular weight is 168 g/mol. The van der Waals surface area contributed by atoms with Crippen LogP contribution in [0.25, 0.3) is 0 Å². The summed E-state index contributed by atoms with van der Waals surface area (Å²) < 4.78 is 4.67. The molecular formula is C9H12O3. The fraction of sp³-hybridized carbons (Fsp3) is 0.556. The summed E-state index contributed by atoms with van der Waals surface area (Å²) in [5.41, 5.74) is 0. The number of esters is 1. The third-order valence-electron chi connectivity index (χ3n) is 1.83. The molecule has 0 amide bonds. The van der Waals surface area contributed by atoms with Crippen LogP contribution in [0.1, 0.15) is 13.3 Å². The summed E-state index contributed by atoms with van der Waals surface area (Å²) in [6.07, 6.45) is 4.95. The molecule has 12 heavy (non-hydrogen) atoms. The van der Waals surface area contributed by atoms with Gasteiger partial charge in [-0.3, -0.25) is 0 Å². The Balaban J connectivity index is 2.22. The summed E-state index contributed by atoms with van der Waals surface area (Å²) in [7, 11) is 0. The number of rotatable bonds is 4. The van der Waals surface area contributed by atoms with Gasteiger partial charge in [0.1, 0.15) is 6.29 Å². The van der Waals surface area contributed by atoms with Crippen LogP contribution in [0.3, 0.4) is 0 Å². The van der Waals surface area contributed by atoms with Crippen molar-refractivity contribution in [1.82, 2.24) is 0 Å². The SMILES string of the molecule is CCOC(=O)/C=C/[C@H]1C[C@H]1C=O. The van der Waals surface area contributed by atoms with Crippen molar-refractivity contribution < 1.29 is 14.3 Å². The van der Waals surface area contributed by atoms with Crippen molar-refractivity contribution in [2.45, 2.75) is 13.3 Å². The summed E-state index contributed by atoms with van der Waals surface area (Å²) in [5, 5.41) is 0. The second kappa shape index (κ2) is 4.04. The largest absolute Gasteiger partial charge is 0.463 e. The molecule has 1 rings (SSSR count). The zero-order valence-corrected chi connectivity index (χ0v) is 7.03. The zero-order valence-electron chi connectivity index (χ0n) is 7.03. The fourth-order valence-electron chi connectivity index (χ4n) is 1.01. The Kier molecular flexibility index (Phi) is 3.02. The third kappa shape index (κ3) is 2.49. The number of carbonyl (C=O) groups is 2. The van der Waals surface area contributed by atoms with Crippen LogP contribution in [0.2, 0.25) is 0 Å². The van der Waals surface area contributed by atoms with Gasteiger partial charge in [0.25, 0.3) is 0 Å². The third-order valence-corrected chi connectivity index (χ3v) is 1.83. The summed E-state index contributed by atoms with van der Waals surface area (Å²) in [6.45, 7) is 2.15. The molecule has 1 aliphatic rings. The van der Waals surface area contributed by atoms with E-state index in [4.69, 9.17) is 0 Å². The standard InChI is InChI=1S/C9H12O3/c1-2-12-9(11)4-3-7-5-8(7)6-10/h3-4,6-8H,2,5H2,1H3/b4-3+/t7-,8-/m0/s1. The molecule has 0 aromatic rings. The highest BCUT2D eigenvalue weighted by Gasteiger charge is 2.34. The zero-order chi connectivity index (χ0) is 8.97. The Hall–Kier alpha value is -1.12. The normalized spacial score (nSPS) is 27.1. The minimum Gasteiger partial charge on any atom is -0.463 e. The van der Waals surface area contributed by atoms with Crippen LogP contribution in [0, 0.1) is 11.8 Å². The van der Waals surface area contributed by atoms with Crippen LogP contribution in [0.4, 0.5) is 0 Å². The Morgan fingerprint density at radius 1 is 1.58 bits per heavy atom. The monoisotopic (exact) mass is 168 g/mol. The number of ether oxygens (including phenoxy) is 1. The number of allylic oxidation sites excluding steroid dienone is 1. The van der Waals surface area contributed by atoms with Crippen LogP contribution >= 0.6 is 0 Å². The van der Waals surface area contributed by atoms with E-state index in [2.05, 4.69) is 4.74 Å². The summed E-state index contributed by atoms with van der Waals surface area (Å²) in [5.74, 6) is 0.0802. The predicted molar refractivity (Wildman–Crippen MR) is 43.4 cm³/mol. The fourth-order valence-corrected chi connectivity index (χ4v) is 1.01. The maximum atomic E-state index is 10.8. The molecule has 3 nitrogen and oxygen atoms in total. The van der Waals surface area contributed by atoms with Gasteiger partial charge in [-0.05, 0) is 19.3 Å². The van der Waals surface area contributed by atoms with E-state index >= 15 is 0 Å². The first-order chi connectivity index (χ1) is 5.77. The van der Waals surface area contributed by atoms with Crippen molar-refractivity contribution in [2.24, 2.45) is 11.8 Å². The van der Waals surface area contributed by atoms with Gasteiger partial charge in [0.05, 0.1) is 6.61 Å². The van der Waals surface area contributed by atoms with E-state index < -0.39 is 0 Å². The minimum absolute atomic E-state index is 0.135. The molecule has 0 N–H and O–H groups in total. The lowest BCUT2D eigenvalue weighted by molar-refractivity contribution is -0.137. The van der Waals surface area contributed by atoms with Gasteiger partial charge >= 0.3 is 5.97 Å². The predicted octanol–water partition coefficient (Wildman–Crippen LogP) is 0.941. The lowest BCUT2D eigenvalue weighted by Crippen LogP contribution is -1.99. The molecule has 2 atom stereocenters. The van der Waals surface area contributed by atoms with Gasteiger partial charge in [-0.1, -0.05) is 6.08 Å². The topological polar surface area (TPSA) is 43.4 Å². The van der Waals surface area contributed by atoms with Crippen molar-refractivity contribution >= 4 is 12.3 Å². The molecule has 3 heteroatoms. The molecule has 0 saturated heterocycles. The number of aldehydes is 1. The maximum absolute atomic E-state index is 10.8. The molecule has 66 valence electrons. The van der Waals surface area contributed by atoms with E-state index in [0.717, 1.165) is 12.7 Å². The molecule has 1 aliphatic carbocycles. The highest BCUT2D eigenvalue weighted by Crippen LogP contribution is 2.37. The first kappa shape index (κ1) is 8.97. The summed E-state index contributed by atoms with van der Waals surface area (Å²) in [6, 6.07) is 0. The second-order valence-corrected chi connectivity index (χ2v) is 2.81. The summed E-state index contributed by atoms with van der Waals surface area (Å²) >= 11 is 0. The molecule has 0 unspecified atom stereocenters. The highest BCUT2D eigenvalue weighted by molar-refractivity contribution is 5.82. The van der Waals surface area contributed by atoms with Gasteiger partial charge < -0.3 is 9.53 Å². The number of hydrogen-bond acceptors (Lipinski definition) is 3. The van der Waals surface area contributed by atoms with Gasteiger partial charge in [0, 0.05) is 12.0 Å². The molecule has 0 radical (unpaired) electrons. The molecule has 1 saturated carbocycles. The van der Waals surface area contributed by atoms with Crippen molar-refractivity contribution in [2.75, 3.05) is 6.61 Å². The van der Waals surface area contributed by atoms with Crippen molar-refractivity contribution in [3.63, 3.8) is 0 Å². The lowest BCUT2D eigenvalue weighted by Gasteiger charge is -1.93. The van der Waals surface area contributed by atoms with Crippen LogP contribution in [0.15, 0.2) is 12.2 Å². The van der Waals surface area contributed by atoms with E-state index in [9.17, 15) is 9.59 Å². The van der Waals surface area contributed by atoms with Crippen molar-refractivity contribution in [3.05, 3.63) is 12.2 Å². The van der Waals surface area contributed by atoms with Crippen LogP contribution in [0.5, 0.6) is 0 Å². The first-order valence-electron chi connectivity index (χ1n) is 4.08. The van der Waals surface area contributed by atoms with Crippen molar-refractivity contribution in [1.29, 1.82) is 0 Å². The molecule has 0 aromatic carbocycles. The summed E-state index contributed by atoms with van der Waals surface area (Å²) in [4.78, 5) is 21.0. The first-order valence-corrected chi connectivity index (χ1v) is 4.08. The van der Waals surface area contributed by atoms with Crippen molar-refractivity contribution in [3.8, 4) is 0 Å². The second-order valence-electron chi connectivity index (χ2n) is 2.81. The molecule has 0 spiro atoms. The Labute approximate surface area is 71.4 Å². The Bertz CT molecular complexity index is 208. The average Bonchev–Trinajstić information content (AvgIpc) is 2.80. The van der Waals surface area contributed by atoms with E-state index in [1.807, 2.05) is 0 Å². The molecule has 0 aliphatic heterocycles. The smallest absolute Gasteiger partial charge is 0.330 e. The van der Waals surface area contributed by atoms with E-state index in [1.54, 1.807) is 13.0 Å². The molecule has 0 bridgehead atoms. The van der Waals surface area contributed by atoms with Crippen LogP contribution < -0.4 is 0 Å². The van der Waals surface area contributed by atoms with E-state index in [0.29, 0.717) is 6.61 Å². The molecule has 0 heterocycles. The molecule has 1 fully saturated rings. The van der Waals surface area contributed by atoms with Gasteiger partial charge in [-0.2, -0.15) is 0 Å². The lowest BCUT2D eigenvalue weighted by atomic mass is 10.3. The van der Waals surface area contributed by atoms with Crippen LogP contribution in [-0.4, -0.2) is 18.9 Å².